The number of aliphatic hydroxyl groups excluding tert-OH is 1. The fourth-order valence-electron chi connectivity index (χ4n) is 2.40. The molecule has 2 N–H and O–H groups in total. The zero-order valence-corrected chi connectivity index (χ0v) is 10.2. The molecule has 2 aromatic heterocycles. The summed E-state index contributed by atoms with van der Waals surface area (Å²) in [5, 5.41) is 19.0. The first-order valence-corrected chi connectivity index (χ1v) is 6.09. The number of aromatic nitrogens is 3. The van der Waals surface area contributed by atoms with Crippen molar-refractivity contribution in [2.24, 2.45) is 0 Å². The lowest BCUT2D eigenvalue weighted by Gasteiger charge is -2.21. The van der Waals surface area contributed by atoms with Crippen molar-refractivity contribution in [3.8, 4) is 11.5 Å². The van der Waals surface area contributed by atoms with E-state index in [2.05, 4.69) is 9.97 Å². The monoisotopic (exact) mass is 259 g/mol. The van der Waals surface area contributed by atoms with Crippen LogP contribution in [0, 0.1) is 0 Å². The molecule has 0 amide bonds. The second kappa shape index (κ2) is 4.47. The summed E-state index contributed by atoms with van der Waals surface area (Å²) in [6.07, 6.45) is 2.25. The minimum absolute atomic E-state index is 0.0625. The van der Waals surface area contributed by atoms with E-state index in [0.717, 1.165) is 0 Å². The van der Waals surface area contributed by atoms with Crippen molar-refractivity contribution in [3.63, 3.8) is 0 Å². The molecule has 0 aromatic carbocycles. The van der Waals surface area contributed by atoms with Crippen LogP contribution < -0.4 is 0 Å². The number of pyridine rings is 1. The number of carboxylic acid groups (broad SMARTS) is 1. The highest BCUT2D eigenvalue weighted by Gasteiger charge is 2.27. The number of hydrogen-bond donors (Lipinski definition) is 2. The predicted molar refractivity (Wildman–Crippen MR) is 66.7 cm³/mol. The number of carbonyl (C=O) groups is 1. The molecule has 0 aliphatic carbocycles. The molecule has 0 spiro atoms. The molecule has 6 nitrogen and oxygen atoms in total. The molecule has 0 fully saturated rings. The maximum atomic E-state index is 11.2. The first-order valence-electron chi connectivity index (χ1n) is 6.09. The number of imidazole rings is 1. The standard InChI is InChI=1S/C13H13N3O3/c17-8-4-5-10-11(13(18)19)15-12(16(10)7-8)9-3-1-2-6-14-9/h1-3,6,8,17H,4-5,7H2,(H,18,19). The van der Waals surface area contributed by atoms with Gasteiger partial charge in [0.1, 0.15) is 5.69 Å². The van der Waals surface area contributed by atoms with Gasteiger partial charge < -0.3 is 14.8 Å². The summed E-state index contributed by atoms with van der Waals surface area (Å²) in [5.41, 5.74) is 1.34. The molecular formula is C13H13N3O3. The fraction of sp³-hybridized carbons (Fsp3) is 0.308. The molecule has 1 atom stereocenters. The molecule has 0 bridgehead atoms. The van der Waals surface area contributed by atoms with Crippen LogP contribution >= 0.6 is 0 Å². The Bertz CT molecular complexity index is 622. The summed E-state index contributed by atoms with van der Waals surface area (Å²) in [5.74, 6) is -0.533. The summed E-state index contributed by atoms with van der Waals surface area (Å²) in [6.45, 7) is 0.363. The average molecular weight is 259 g/mol. The zero-order chi connectivity index (χ0) is 13.4. The highest BCUT2D eigenvalue weighted by molar-refractivity contribution is 5.87. The summed E-state index contributed by atoms with van der Waals surface area (Å²) >= 11 is 0. The third-order valence-electron chi connectivity index (χ3n) is 3.28. The third-order valence-corrected chi connectivity index (χ3v) is 3.28. The van der Waals surface area contributed by atoms with E-state index in [4.69, 9.17) is 0 Å². The molecule has 19 heavy (non-hydrogen) atoms. The normalized spacial score (nSPS) is 18.1. The first kappa shape index (κ1) is 11.9. The molecule has 1 aliphatic rings. The van der Waals surface area contributed by atoms with E-state index < -0.39 is 12.1 Å². The van der Waals surface area contributed by atoms with Crippen LogP contribution in [-0.4, -0.2) is 36.8 Å². The Morgan fingerprint density at radius 1 is 1.42 bits per heavy atom. The molecule has 1 unspecified atom stereocenters. The van der Waals surface area contributed by atoms with E-state index in [1.807, 2.05) is 6.07 Å². The average Bonchev–Trinajstić information content (AvgIpc) is 2.78. The summed E-state index contributed by atoms with van der Waals surface area (Å²) in [7, 11) is 0. The Kier molecular flexibility index (Phi) is 2.79. The van der Waals surface area contributed by atoms with Crippen LogP contribution in [0.5, 0.6) is 0 Å². The second-order valence-electron chi connectivity index (χ2n) is 4.55. The lowest BCUT2D eigenvalue weighted by Crippen LogP contribution is -2.25. The number of carboxylic acids is 1. The van der Waals surface area contributed by atoms with Gasteiger partial charge >= 0.3 is 5.97 Å². The molecule has 3 rings (SSSR count). The maximum absolute atomic E-state index is 11.2. The van der Waals surface area contributed by atoms with Crippen molar-refractivity contribution in [1.82, 2.24) is 14.5 Å². The van der Waals surface area contributed by atoms with Crippen LogP contribution in [-0.2, 0) is 13.0 Å². The zero-order valence-electron chi connectivity index (χ0n) is 10.2. The maximum Gasteiger partial charge on any atom is 0.356 e. The molecule has 98 valence electrons. The molecule has 2 aromatic rings. The van der Waals surface area contributed by atoms with Crippen molar-refractivity contribution in [2.45, 2.75) is 25.5 Å². The number of aromatic carboxylic acids is 1. The lowest BCUT2D eigenvalue weighted by molar-refractivity contribution is 0.0686. The van der Waals surface area contributed by atoms with E-state index in [0.29, 0.717) is 36.6 Å². The third kappa shape index (κ3) is 2.00. The van der Waals surface area contributed by atoms with Gasteiger partial charge in [0.25, 0.3) is 0 Å². The van der Waals surface area contributed by atoms with Crippen LogP contribution in [0.4, 0.5) is 0 Å². The van der Waals surface area contributed by atoms with E-state index in [1.54, 1.807) is 22.9 Å². The Morgan fingerprint density at radius 2 is 2.26 bits per heavy atom. The Hall–Kier alpha value is -2.21. The van der Waals surface area contributed by atoms with E-state index >= 15 is 0 Å². The SMILES string of the molecule is O=C(O)c1nc(-c2ccccn2)n2c1CCC(O)C2. The predicted octanol–water partition coefficient (Wildman–Crippen LogP) is 0.950. The van der Waals surface area contributed by atoms with Crippen molar-refractivity contribution in [3.05, 3.63) is 35.8 Å². The fourth-order valence-corrected chi connectivity index (χ4v) is 2.40. The van der Waals surface area contributed by atoms with Crippen molar-refractivity contribution in [2.75, 3.05) is 0 Å². The summed E-state index contributed by atoms with van der Waals surface area (Å²) in [4.78, 5) is 19.6. The van der Waals surface area contributed by atoms with Gasteiger partial charge in [-0.05, 0) is 25.0 Å². The van der Waals surface area contributed by atoms with Gasteiger partial charge in [0.2, 0.25) is 0 Å². The van der Waals surface area contributed by atoms with Gasteiger partial charge in [0.15, 0.2) is 11.5 Å². The van der Waals surface area contributed by atoms with Gasteiger partial charge in [-0.25, -0.2) is 9.78 Å². The van der Waals surface area contributed by atoms with Crippen molar-refractivity contribution in [1.29, 1.82) is 0 Å². The number of hydrogen-bond acceptors (Lipinski definition) is 4. The minimum atomic E-state index is -1.04. The van der Waals surface area contributed by atoms with Crippen molar-refractivity contribution >= 4 is 5.97 Å². The highest BCUT2D eigenvalue weighted by atomic mass is 16.4. The molecule has 0 radical (unpaired) electrons. The van der Waals surface area contributed by atoms with Gasteiger partial charge in [-0.15, -0.1) is 0 Å². The molecule has 0 saturated carbocycles. The molecular weight excluding hydrogens is 246 g/mol. The molecule has 1 aliphatic heterocycles. The van der Waals surface area contributed by atoms with E-state index in [1.165, 1.54) is 0 Å². The van der Waals surface area contributed by atoms with Crippen molar-refractivity contribution < 1.29 is 15.0 Å². The summed E-state index contributed by atoms with van der Waals surface area (Å²) < 4.78 is 1.76. The van der Waals surface area contributed by atoms with Gasteiger partial charge in [-0.3, -0.25) is 4.98 Å². The number of aliphatic hydroxyl groups is 1. The smallest absolute Gasteiger partial charge is 0.356 e. The Balaban J connectivity index is 2.17. The van der Waals surface area contributed by atoms with Crippen LogP contribution in [0.3, 0.4) is 0 Å². The Labute approximate surface area is 109 Å². The van der Waals surface area contributed by atoms with Crippen LogP contribution in [0.1, 0.15) is 22.6 Å². The van der Waals surface area contributed by atoms with Crippen LogP contribution in [0.25, 0.3) is 11.5 Å². The highest BCUT2D eigenvalue weighted by Crippen LogP contribution is 2.26. The quantitative estimate of drug-likeness (QED) is 0.838. The second-order valence-corrected chi connectivity index (χ2v) is 4.55. The molecule has 3 heterocycles. The minimum Gasteiger partial charge on any atom is -0.476 e. The van der Waals surface area contributed by atoms with E-state index in [9.17, 15) is 15.0 Å². The lowest BCUT2D eigenvalue weighted by atomic mass is 10.1. The van der Waals surface area contributed by atoms with Gasteiger partial charge in [0, 0.05) is 6.20 Å². The van der Waals surface area contributed by atoms with Gasteiger partial charge in [0.05, 0.1) is 18.3 Å². The van der Waals surface area contributed by atoms with Crippen LogP contribution in [0.2, 0.25) is 0 Å². The number of nitrogens with zero attached hydrogens (tertiary/aromatic N) is 3. The summed E-state index contributed by atoms with van der Waals surface area (Å²) in [6, 6.07) is 5.39. The first-order chi connectivity index (χ1) is 9.16. The number of rotatable bonds is 2. The molecule has 6 heteroatoms. The van der Waals surface area contributed by atoms with Gasteiger partial charge in [-0.2, -0.15) is 0 Å². The molecule has 0 saturated heterocycles. The van der Waals surface area contributed by atoms with Gasteiger partial charge in [-0.1, -0.05) is 6.07 Å². The Morgan fingerprint density at radius 3 is 2.95 bits per heavy atom. The van der Waals surface area contributed by atoms with E-state index in [-0.39, 0.29) is 5.69 Å². The largest absolute Gasteiger partial charge is 0.476 e. The number of fused-ring (bicyclic) bond motifs is 1. The topological polar surface area (TPSA) is 88.2 Å². The van der Waals surface area contributed by atoms with Crippen LogP contribution in [0.15, 0.2) is 24.4 Å².